The highest BCUT2D eigenvalue weighted by Crippen LogP contribution is 2.43. The van der Waals surface area contributed by atoms with Gasteiger partial charge in [0.25, 0.3) is 5.95 Å². The van der Waals surface area contributed by atoms with Gasteiger partial charge in [0.05, 0.1) is 5.69 Å². The Labute approximate surface area is 150 Å². The van der Waals surface area contributed by atoms with Crippen LogP contribution >= 0.6 is 0 Å². The zero-order chi connectivity index (χ0) is 19.9. The fraction of sp³-hybridized carbons (Fsp3) is 0.588. The lowest BCUT2D eigenvalue weighted by molar-refractivity contribution is -0.142. The molecule has 2 rings (SSSR count). The molecule has 0 radical (unpaired) electrons. The summed E-state index contributed by atoms with van der Waals surface area (Å²) in [5.41, 5.74) is -2.27. The largest absolute Gasteiger partial charge is 0.471 e. The molecule has 0 saturated heterocycles. The number of ether oxygens (including phenoxy) is 2. The van der Waals surface area contributed by atoms with E-state index in [2.05, 4.69) is 15.1 Å². The van der Waals surface area contributed by atoms with Crippen molar-refractivity contribution in [3.05, 3.63) is 23.5 Å². The van der Waals surface area contributed by atoms with Gasteiger partial charge in [-0.05, 0) is 54.5 Å². The highest BCUT2D eigenvalue weighted by atomic mass is 19.4. The van der Waals surface area contributed by atoms with E-state index in [1.807, 2.05) is 0 Å². The van der Waals surface area contributed by atoms with E-state index < -0.39 is 34.7 Å². The van der Waals surface area contributed by atoms with Gasteiger partial charge in [0.1, 0.15) is 11.2 Å². The maximum atomic E-state index is 13.7. The molecule has 26 heavy (non-hydrogen) atoms. The molecule has 6 nitrogen and oxygen atoms in total. The van der Waals surface area contributed by atoms with Crippen LogP contribution in [0.1, 0.15) is 52.8 Å². The summed E-state index contributed by atoms with van der Waals surface area (Å²) in [5, 5.41) is 4.15. The average Bonchev–Trinajstić information content (AvgIpc) is 2.79. The second-order valence-electron chi connectivity index (χ2n) is 7.84. The second-order valence-corrected chi connectivity index (χ2v) is 7.84. The molecule has 0 aliphatic rings. The summed E-state index contributed by atoms with van der Waals surface area (Å²) in [7, 11) is 0. The molecule has 0 aromatic carbocycles. The Morgan fingerprint density at radius 3 is 1.65 bits per heavy atom. The van der Waals surface area contributed by atoms with Crippen molar-refractivity contribution in [2.45, 2.75) is 65.8 Å². The molecule has 0 fully saturated rings. The second kappa shape index (κ2) is 6.44. The highest BCUT2D eigenvalue weighted by Gasteiger charge is 2.43. The molecule has 2 heterocycles. The third-order valence-electron chi connectivity index (χ3n) is 2.85. The van der Waals surface area contributed by atoms with E-state index in [-0.39, 0.29) is 5.95 Å². The minimum atomic E-state index is -4.75. The van der Waals surface area contributed by atoms with Crippen molar-refractivity contribution in [1.82, 2.24) is 19.7 Å². The van der Waals surface area contributed by atoms with Crippen molar-refractivity contribution in [1.29, 1.82) is 0 Å². The summed E-state index contributed by atoms with van der Waals surface area (Å²) in [5.74, 6) is -1.26. The smallest absolute Gasteiger partial charge is 0.426 e. The van der Waals surface area contributed by atoms with E-state index in [1.165, 1.54) is 4.68 Å². The standard InChI is InChI=1S/C17H23F3N4O2/c1-10-8-9-24(23-10)14-21-12(25-15(2,3)4)11(17(18,19)20)13(22-14)26-16(5,6)7/h8-9H,1-7H3. The van der Waals surface area contributed by atoms with E-state index in [9.17, 15) is 13.2 Å². The Kier molecular flexibility index (Phi) is 4.95. The van der Waals surface area contributed by atoms with Crippen LogP contribution in [0.2, 0.25) is 0 Å². The summed E-state index contributed by atoms with van der Waals surface area (Å²) >= 11 is 0. The average molecular weight is 372 g/mol. The lowest BCUT2D eigenvalue weighted by Crippen LogP contribution is -2.29. The summed E-state index contributed by atoms with van der Waals surface area (Å²) in [6.45, 7) is 11.6. The number of alkyl halides is 3. The molecule has 144 valence electrons. The molecular formula is C17H23F3N4O2. The summed E-state index contributed by atoms with van der Waals surface area (Å²) in [6, 6.07) is 1.69. The molecule has 0 atom stereocenters. The van der Waals surface area contributed by atoms with Crippen LogP contribution in [0.15, 0.2) is 12.3 Å². The Morgan fingerprint density at radius 1 is 0.885 bits per heavy atom. The topological polar surface area (TPSA) is 62.1 Å². The van der Waals surface area contributed by atoms with Crippen molar-refractivity contribution in [2.24, 2.45) is 0 Å². The zero-order valence-electron chi connectivity index (χ0n) is 15.9. The van der Waals surface area contributed by atoms with Gasteiger partial charge < -0.3 is 9.47 Å². The van der Waals surface area contributed by atoms with E-state index in [0.29, 0.717) is 5.69 Å². The fourth-order valence-corrected chi connectivity index (χ4v) is 2.01. The van der Waals surface area contributed by atoms with Gasteiger partial charge in [-0.25, -0.2) is 4.68 Å². The number of rotatable bonds is 3. The number of aryl methyl sites for hydroxylation is 1. The molecule has 0 unspecified atom stereocenters. The summed E-state index contributed by atoms with van der Waals surface area (Å²) in [4.78, 5) is 7.93. The molecule has 0 amide bonds. The van der Waals surface area contributed by atoms with Gasteiger partial charge in [-0.3, -0.25) is 0 Å². The van der Waals surface area contributed by atoms with Gasteiger partial charge in [-0.1, -0.05) is 0 Å². The number of hydrogen-bond donors (Lipinski definition) is 0. The van der Waals surface area contributed by atoms with Gasteiger partial charge >= 0.3 is 6.18 Å². The quantitative estimate of drug-likeness (QED) is 0.802. The molecule has 0 bridgehead atoms. The van der Waals surface area contributed by atoms with Crippen molar-refractivity contribution >= 4 is 0 Å². The third-order valence-corrected chi connectivity index (χ3v) is 2.85. The first-order valence-corrected chi connectivity index (χ1v) is 8.06. The highest BCUT2D eigenvalue weighted by molar-refractivity contribution is 5.41. The Hall–Kier alpha value is -2.32. The first-order chi connectivity index (χ1) is 11.7. The van der Waals surface area contributed by atoms with Crippen LogP contribution in [0.4, 0.5) is 13.2 Å². The monoisotopic (exact) mass is 372 g/mol. The Bertz CT molecular complexity index is 750. The molecule has 2 aromatic rings. The molecule has 9 heteroatoms. The van der Waals surface area contributed by atoms with Crippen LogP contribution in [-0.2, 0) is 6.18 Å². The normalized spacial score (nSPS) is 13.0. The minimum absolute atomic E-state index is 0.0652. The molecule has 0 spiro atoms. The predicted octanol–water partition coefficient (Wildman–Crippen LogP) is 4.34. The molecule has 0 N–H and O–H groups in total. The Morgan fingerprint density at radius 2 is 1.35 bits per heavy atom. The summed E-state index contributed by atoms with van der Waals surface area (Å²) in [6.07, 6.45) is -3.20. The maximum Gasteiger partial charge on any atom is 0.426 e. The van der Waals surface area contributed by atoms with Crippen molar-refractivity contribution in [3.63, 3.8) is 0 Å². The molecule has 0 saturated carbocycles. The fourth-order valence-electron chi connectivity index (χ4n) is 2.01. The zero-order valence-corrected chi connectivity index (χ0v) is 15.9. The number of halogens is 3. The van der Waals surface area contributed by atoms with Crippen LogP contribution in [0.5, 0.6) is 11.8 Å². The molecular weight excluding hydrogens is 349 g/mol. The van der Waals surface area contributed by atoms with Crippen molar-refractivity contribution in [3.8, 4) is 17.7 Å². The molecule has 0 aliphatic carbocycles. The third kappa shape index (κ3) is 5.09. The maximum absolute atomic E-state index is 13.7. The van der Waals surface area contributed by atoms with Gasteiger partial charge in [-0.15, -0.1) is 0 Å². The van der Waals surface area contributed by atoms with Gasteiger partial charge in [-0.2, -0.15) is 28.2 Å². The first-order valence-electron chi connectivity index (χ1n) is 8.06. The molecule has 0 aliphatic heterocycles. The lowest BCUT2D eigenvalue weighted by atomic mass is 10.2. The Balaban J connectivity index is 2.74. The van der Waals surface area contributed by atoms with Crippen LogP contribution < -0.4 is 9.47 Å². The van der Waals surface area contributed by atoms with E-state index in [4.69, 9.17) is 9.47 Å². The van der Waals surface area contributed by atoms with Crippen molar-refractivity contribution in [2.75, 3.05) is 0 Å². The van der Waals surface area contributed by atoms with Crippen LogP contribution in [0, 0.1) is 6.92 Å². The first kappa shape index (κ1) is 20.0. The lowest BCUT2D eigenvalue weighted by Gasteiger charge is -2.27. The summed E-state index contributed by atoms with van der Waals surface area (Å²) < 4.78 is 53.5. The SMILES string of the molecule is Cc1ccn(-c2nc(OC(C)(C)C)c(C(F)(F)F)c(OC(C)(C)C)n2)n1. The van der Waals surface area contributed by atoms with E-state index >= 15 is 0 Å². The van der Waals surface area contributed by atoms with Gasteiger partial charge in [0, 0.05) is 6.20 Å². The van der Waals surface area contributed by atoms with Crippen LogP contribution in [0.3, 0.4) is 0 Å². The minimum Gasteiger partial charge on any atom is -0.471 e. The van der Waals surface area contributed by atoms with Crippen molar-refractivity contribution < 1.29 is 22.6 Å². The number of hydrogen-bond acceptors (Lipinski definition) is 5. The number of aromatic nitrogens is 4. The number of nitrogens with zero attached hydrogens (tertiary/aromatic N) is 4. The predicted molar refractivity (Wildman–Crippen MR) is 89.7 cm³/mol. The van der Waals surface area contributed by atoms with Crippen LogP contribution in [-0.4, -0.2) is 31.0 Å². The van der Waals surface area contributed by atoms with Gasteiger partial charge in [0.2, 0.25) is 11.8 Å². The van der Waals surface area contributed by atoms with Gasteiger partial charge in [0.15, 0.2) is 5.56 Å². The molecule has 2 aromatic heterocycles. The van der Waals surface area contributed by atoms with E-state index in [1.54, 1.807) is 60.7 Å². The van der Waals surface area contributed by atoms with Crippen LogP contribution in [0.25, 0.3) is 5.95 Å². The van der Waals surface area contributed by atoms with E-state index in [0.717, 1.165) is 0 Å².